The SMILES string of the molecule is COc1ccc(C(O)=C2C(=O)C(=O)N(CCN3CCOCC3)[C@H]2c2ccc(Cl)cc2Cl)cc1C. The Morgan fingerprint density at radius 3 is 2.50 bits per heavy atom. The lowest BCUT2D eigenvalue weighted by Gasteiger charge is -2.31. The molecule has 0 radical (unpaired) electrons. The van der Waals surface area contributed by atoms with Gasteiger partial charge in [-0.25, -0.2) is 0 Å². The van der Waals surface area contributed by atoms with Crippen molar-refractivity contribution in [1.29, 1.82) is 0 Å². The average Bonchev–Trinajstić information content (AvgIpc) is 3.07. The van der Waals surface area contributed by atoms with E-state index in [4.69, 9.17) is 32.7 Å². The summed E-state index contributed by atoms with van der Waals surface area (Å²) in [4.78, 5) is 30.0. The molecule has 0 unspecified atom stereocenters. The van der Waals surface area contributed by atoms with Crippen molar-refractivity contribution in [2.24, 2.45) is 0 Å². The Morgan fingerprint density at radius 2 is 1.85 bits per heavy atom. The van der Waals surface area contributed by atoms with Crippen LogP contribution < -0.4 is 4.74 Å². The van der Waals surface area contributed by atoms with E-state index in [1.165, 1.54) is 4.90 Å². The minimum absolute atomic E-state index is 0.000710. The highest BCUT2D eigenvalue weighted by molar-refractivity contribution is 6.47. The fraction of sp³-hybridized carbons (Fsp3) is 0.360. The topological polar surface area (TPSA) is 79.3 Å². The molecular formula is C25H26Cl2N2O5. The number of likely N-dealkylation sites (tertiary alicyclic amines) is 1. The van der Waals surface area contributed by atoms with Crippen LogP contribution >= 0.6 is 23.2 Å². The van der Waals surface area contributed by atoms with E-state index in [-0.39, 0.29) is 11.3 Å². The summed E-state index contributed by atoms with van der Waals surface area (Å²) in [6, 6.07) is 9.16. The Bertz CT molecular complexity index is 1140. The van der Waals surface area contributed by atoms with Crippen LogP contribution in [0.25, 0.3) is 5.76 Å². The van der Waals surface area contributed by atoms with Crippen molar-refractivity contribution in [3.8, 4) is 5.75 Å². The van der Waals surface area contributed by atoms with Gasteiger partial charge in [-0.3, -0.25) is 14.5 Å². The Hall–Kier alpha value is -2.58. The van der Waals surface area contributed by atoms with Gasteiger partial charge in [0.2, 0.25) is 0 Å². The lowest BCUT2D eigenvalue weighted by molar-refractivity contribution is -0.140. The number of nitrogens with zero attached hydrogens (tertiary/aromatic N) is 2. The number of hydrogen-bond acceptors (Lipinski definition) is 6. The molecule has 1 amide bonds. The molecular weight excluding hydrogens is 479 g/mol. The van der Waals surface area contributed by atoms with Crippen molar-refractivity contribution in [3.63, 3.8) is 0 Å². The number of ether oxygens (including phenoxy) is 2. The van der Waals surface area contributed by atoms with Gasteiger partial charge in [0.25, 0.3) is 11.7 Å². The lowest BCUT2D eigenvalue weighted by Crippen LogP contribution is -2.42. The number of aliphatic hydroxyl groups excluding tert-OH is 1. The van der Waals surface area contributed by atoms with E-state index in [0.29, 0.717) is 53.2 Å². The number of benzene rings is 2. The van der Waals surface area contributed by atoms with Crippen LogP contribution in [0.2, 0.25) is 10.0 Å². The zero-order valence-electron chi connectivity index (χ0n) is 19.0. The van der Waals surface area contributed by atoms with Crippen LogP contribution in [0.5, 0.6) is 5.75 Å². The maximum Gasteiger partial charge on any atom is 0.295 e. The van der Waals surface area contributed by atoms with Crippen LogP contribution in [0.3, 0.4) is 0 Å². The van der Waals surface area contributed by atoms with Crippen LogP contribution in [0.1, 0.15) is 22.7 Å². The average molecular weight is 505 g/mol. The smallest absolute Gasteiger partial charge is 0.295 e. The Balaban J connectivity index is 1.78. The first kappa shape index (κ1) is 24.5. The fourth-order valence-electron chi connectivity index (χ4n) is 4.41. The second kappa shape index (κ2) is 10.4. The van der Waals surface area contributed by atoms with Gasteiger partial charge in [-0.15, -0.1) is 0 Å². The zero-order chi connectivity index (χ0) is 24.4. The summed E-state index contributed by atoms with van der Waals surface area (Å²) in [5.74, 6) is -1.02. The molecule has 0 bridgehead atoms. The van der Waals surface area contributed by atoms with Gasteiger partial charge < -0.3 is 19.5 Å². The maximum absolute atomic E-state index is 13.2. The fourth-order valence-corrected chi connectivity index (χ4v) is 4.92. The first-order chi connectivity index (χ1) is 16.3. The molecule has 2 heterocycles. The molecule has 7 nitrogen and oxygen atoms in total. The molecule has 0 spiro atoms. The molecule has 1 N–H and O–H groups in total. The number of aliphatic hydroxyl groups is 1. The van der Waals surface area contributed by atoms with Crippen molar-refractivity contribution in [2.75, 3.05) is 46.5 Å². The number of hydrogen-bond donors (Lipinski definition) is 1. The number of carbonyl (C=O) groups is 2. The number of ketones is 1. The largest absolute Gasteiger partial charge is 0.507 e. The van der Waals surface area contributed by atoms with E-state index in [0.717, 1.165) is 18.7 Å². The third-order valence-corrected chi connectivity index (χ3v) is 6.79. The predicted octanol–water partition coefficient (Wildman–Crippen LogP) is 4.06. The summed E-state index contributed by atoms with van der Waals surface area (Å²) in [7, 11) is 1.56. The van der Waals surface area contributed by atoms with E-state index in [9.17, 15) is 14.7 Å². The molecule has 2 saturated heterocycles. The highest BCUT2D eigenvalue weighted by Crippen LogP contribution is 2.42. The molecule has 2 fully saturated rings. The van der Waals surface area contributed by atoms with Crippen molar-refractivity contribution < 1.29 is 24.2 Å². The minimum Gasteiger partial charge on any atom is -0.507 e. The number of rotatable bonds is 6. The summed E-state index contributed by atoms with van der Waals surface area (Å²) < 4.78 is 10.7. The van der Waals surface area contributed by atoms with Gasteiger partial charge in [-0.05, 0) is 48.4 Å². The number of Topliss-reactive ketones (excluding diaryl/α,β-unsaturated/α-hetero) is 1. The molecule has 0 aliphatic carbocycles. The van der Waals surface area contributed by atoms with E-state index in [1.807, 2.05) is 6.92 Å². The third kappa shape index (κ3) is 4.79. The van der Waals surface area contributed by atoms with Gasteiger partial charge in [0.15, 0.2) is 0 Å². The van der Waals surface area contributed by atoms with E-state index < -0.39 is 17.7 Å². The molecule has 0 saturated carbocycles. The normalized spacial score (nSPS) is 20.7. The summed E-state index contributed by atoms with van der Waals surface area (Å²) in [6.07, 6.45) is 0. The highest BCUT2D eigenvalue weighted by Gasteiger charge is 2.46. The van der Waals surface area contributed by atoms with Crippen molar-refractivity contribution in [2.45, 2.75) is 13.0 Å². The van der Waals surface area contributed by atoms with Crippen LogP contribution in [0.4, 0.5) is 0 Å². The molecule has 9 heteroatoms. The Kier molecular flexibility index (Phi) is 7.48. The number of methoxy groups -OCH3 is 1. The summed E-state index contributed by atoms with van der Waals surface area (Å²) in [5.41, 5.74) is 1.73. The molecule has 4 rings (SSSR count). The van der Waals surface area contributed by atoms with E-state index >= 15 is 0 Å². The van der Waals surface area contributed by atoms with Crippen molar-refractivity contribution in [1.82, 2.24) is 9.80 Å². The van der Waals surface area contributed by atoms with E-state index in [1.54, 1.807) is 43.5 Å². The molecule has 0 aromatic heterocycles. The van der Waals surface area contributed by atoms with Gasteiger partial charge in [-0.1, -0.05) is 29.3 Å². The predicted molar refractivity (Wildman–Crippen MR) is 130 cm³/mol. The zero-order valence-corrected chi connectivity index (χ0v) is 20.5. The third-order valence-electron chi connectivity index (χ3n) is 6.23. The van der Waals surface area contributed by atoms with Gasteiger partial charge in [-0.2, -0.15) is 0 Å². The van der Waals surface area contributed by atoms with Crippen LogP contribution in [-0.2, 0) is 14.3 Å². The van der Waals surface area contributed by atoms with Gasteiger partial charge in [0.05, 0.1) is 31.9 Å². The number of amides is 1. The molecule has 180 valence electrons. The van der Waals surface area contributed by atoms with Crippen LogP contribution in [-0.4, -0.2) is 73.1 Å². The van der Waals surface area contributed by atoms with Crippen LogP contribution in [0, 0.1) is 6.92 Å². The highest BCUT2D eigenvalue weighted by atomic mass is 35.5. The summed E-state index contributed by atoms with van der Waals surface area (Å²) in [5, 5.41) is 12.0. The minimum atomic E-state index is -0.840. The molecule has 34 heavy (non-hydrogen) atoms. The molecule has 2 aliphatic heterocycles. The second-order valence-electron chi connectivity index (χ2n) is 8.30. The number of halogens is 2. The second-order valence-corrected chi connectivity index (χ2v) is 9.14. The molecule has 1 atom stereocenters. The first-order valence-electron chi connectivity index (χ1n) is 11.0. The Morgan fingerprint density at radius 1 is 1.12 bits per heavy atom. The van der Waals surface area contributed by atoms with Crippen molar-refractivity contribution >= 4 is 40.7 Å². The Labute approximate surface area is 208 Å². The first-order valence-corrected chi connectivity index (χ1v) is 11.8. The molecule has 2 aromatic carbocycles. The molecule has 2 aromatic rings. The quantitative estimate of drug-likeness (QED) is 0.363. The van der Waals surface area contributed by atoms with Crippen molar-refractivity contribution in [3.05, 3.63) is 68.7 Å². The molecule has 2 aliphatic rings. The number of carbonyl (C=O) groups excluding carboxylic acids is 2. The summed E-state index contributed by atoms with van der Waals surface area (Å²) in [6.45, 7) is 5.46. The van der Waals surface area contributed by atoms with Gasteiger partial charge in [0.1, 0.15) is 11.5 Å². The van der Waals surface area contributed by atoms with Gasteiger partial charge in [0, 0.05) is 41.8 Å². The van der Waals surface area contributed by atoms with Gasteiger partial charge >= 0.3 is 0 Å². The number of morpholine rings is 1. The standard InChI is InChI=1S/C25H26Cl2N2O5/c1-15-13-16(3-6-20(15)33-2)23(30)21-22(18-5-4-17(26)14-19(18)27)29(25(32)24(21)31)8-7-28-9-11-34-12-10-28/h3-6,13-14,22,30H,7-12H2,1-2H3/t22-/m0/s1. The van der Waals surface area contributed by atoms with E-state index in [2.05, 4.69) is 4.90 Å². The maximum atomic E-state index is 13.2. The lowest BCUT2D eigenvalue weighted by atomic mass is 9.94. The number of aryl methyl sites for hydroxylation is 1. The van der Waals surface area contributed by atoms with Crippen LogP contribution in [0.15, 0.2) is 42.0 Å². The summed E-state index contributed by atoms with van der Waals surface area (Å²) >= 11 is 12.6. The monoisotopic (exact) mass is 504 g/mol.